The predicted octanol–water partition coefficient (Wildman–Crippen LogP) is 2.77. The lowest BCUT2D eigenvalue weighted by Crippen LogP contribution is -2.28. The molecule has 90 valence electrons. The number of rotatable bonds is 0. The van der Waals surface area contributed by atoms with Crippen LogP contribution in [0, 0.1) is 40.4 Å². The molecule has 17 heavy (non-hydrogen) atoms. The molecule has 6 aliphatic carbocycles. The number of aliphatic hydroxyl groups excluding tert-OH is 1. The Bertz CT molecular complexity index is 486. The average molecular weight is 228 g/mol. The fourth-order valence-corrected chi connectivity index (χ4v) is 6.24. The quantitative estimate of drug-likeness (QED) is 0.632. The first-order chi connectivity index (χ1) is 8.06. The lowest BCUT2D eigenvalue weighted by molar-refractivity contribution is 0.0956. The van der Waals surface area contributed by atoms with Crippen LogP contribution in [-0.2, 0) is 0 Å². The van der Waals surface area contributed by atoms with Gasteiger partial charge in [0.1, 0.15) is 0 Å². The van der Waals surface area contributed by atoms with Crippen LogP contribution in [0.3, 0.4) is 0 Å². The van der Waals surface area contributed by atoms with Gasteiger partial charge in [0.05, 0.1) is 6.10 Å². The summed E-state index contributed by atoms with van der Waals surface area (Å²) >= 11 is 0. The van der Waals surface area contributed by atoms with Gasteiger partial charge in [-0.1, -0.05) is 32.1 Å². The van der Waals surface area contributed by atoms with Gasteiger partial charge >= 0.3 is 0 Å². The van der Waals surface area contributed by atoms with E-state index in [1.54, 1.807) is 0 Å². The summed E-state index contributed by atoms with van der Waals surface area (Å²) in [6, 6.07) is 0. The van der Waals surface area contributed by atoms with Crippen LogP contribution in [0.25, 0.3) is 0 Å². The van der Waals surface area contributed by atoms with Crippen molar-refractivity contribution in [3.63, 3.8) is 0 Å². The van der Waals surface area contributed by atoms with E-state index in [1.807, 2.05) is 0 Å². The Morgan fingerprint density at radius 3 is 2.94 bits per heavy atom. The second-order valence-corrected chi connectivity index (χ2v) is 7.80. The average Bonchev–Trinajstić information content (AvgIpc) is 2.74. The summed E-state index contributed by atoms with van der Waals surface area (Å²) in [5.74, 6) is 4.20. The minimum Gasteiger partial charge on any atom is -0.388 e. The first kappa shape index (κ1) is 9.38. The SMILES string of the molecule is CC1(C)C[C@@]23C(=C[C@@H]4C=C[C@H]5[C@@H](C[C@@H]42)[C@H]53)C1O. The van der Waals surface area contributed by atoms with Gasteiger partial charge in [-0.3, -0.25) is 0 Å². The maximum atomic E-state index is 10.6. The van der Waals surface area contributed by atoms with Crippen molar-refractivity contribution in [2.45, 2.75) is 32.8 Å². The second-order valence-electron chi connectivity index (χ2n) is 7.80. The molecule has 1 N–H and O–H groups in total. The van der Waals surface area contributed by atoms with Crippen molar-refractivity contribution in [3.8, 4) is 0 Å². The van der Waals surface area contributed by atoms with E-state index in [1.165, 1.54) is 18.4 Å². The lowest BCUT2D eigenvalue weighted by Gasteiger charge is -2.34. The van der Waals surface area contributed by atoms with E-state index < -0.39 is 0 Å². The monoisotopic (exact) mass is 228 g/mol. The van der Waals surface area contributed by atoms with E-state index in [2.05, 4.69) is 32.1 Å². The minimum absolute atomic E-state index is 0.0986. The zero-order valence-corrected chi connectivity index (χ0v) is 10.6. The Morgan fingerprint density at radius 1 is 1.29 bits per heavy atom. The standard InChI is InChI=1S/C16H20O/c1-15(2)7-16-11-6-10-9(13(10)16)4-3-8(11)5-12(16)14(15)17/h3-5,8-11,13-14,17H,6-7H2,1-2H3/t8-,9-,10+,11-,13-,14?,16-/m0/s1. The van der Waals surface area contributed by atoms with Crippen molar-refractivity contribution in [2.75, 3.05) is 0 Å². The molecule has 0 heterocycles. The van der Waals surface area contributed by atoms with Gasteiger partial charge in [-0.15, -0.1) is 0 Å². The van der Waals surface area contributed by atoms with Gasteiger partial charge in [0.25, 0.3) is 0 Å². The second kappa shape index (κ2) is 2.30. The van der Waals surface area contributed by atoms with Crippen LogP contribution in [0.15, 0.2) is 23.8 Å². The molecule has 0 amide bonds. The van der Waals surface area contributed by atoms with Crippen molar-refractivity contribution >= 4 is 0 Å². The minimum atomic E-state index is -0.179. The Balaban J connectivity index is 1.77. The molecule has 0 aromatic carbocycles. The largest absolute Gasteiger partial charge is 0.388 e. The van der Waals surface area contributed by atoms with Gasteiger partial charge < -0.3 is 5.11 Å². The normalized spacial score (nSPS) is 63.4. The van der Waals surface area contributed by atoms with E-state index in [0.717, 1.165) is 23.7 Å². The smallest absolute Gasteiger partial charge is 0.0807 e. The summed E-state index contributed by atoms with van der Waals surface area (Å²) < 4.78 is 0. The molecule has 0 saturated heterocycles. The molecule has 0 aromatic heterocycles. The maximum absolute atomic E-state index is 10.6. The molecular formula is C16H20O. The summed E-state index contributed by atoms with van der Waals surface area (Å²) in [6.07, 6.45) is 9.87. The molecule has 0 aliphatic heterocycles. The number of hydrogen-bond acceptors (Lipinski definition) is 1. The first-order valence-corrected chi connectivity index (χ1v) is 7.14. The third kappa shape index (κ3) is 0.763. The summed E-state index contributed by atoms with van der Waals surface area (Å²) in [6.45, 7) is 4.52. The zero-order valence-electron chi connectivity index (χ0n) is 10.6. The van der Waals surface area contributed by atoms with Crippen LogP contribution in [0.1, 0.15) is 26.7 Å². The van der Waals surface area contributed by atoms with E-state index in [4.69, 9.17) is 0 Å². The molecule has 6 rings (SSSR count). The number of aliphatic hydroxyl groups is 1. The van der Waals surface area contributed by atoms with Crippen molar-refractivity contribution in [1.29, 1.82) is 0 Å². The summed E-state index contributed by atoms with van der Waals surface area (Å²) in [5, 5.41) is 10.6. The Morgan fingerprint density at radius 2 is 2.12 bits per heavy atom. The maximum Gasteiger partial charge on any atom is 0.0807 e. The Hall–Kier alpha value is -0.560. The van der Waals surface area contributed by atoms with E-state index in [9.17, 15) is 5.11 Å². The molecule has 7 atom stereocenters. The van der Waals surface area contributed by atoms with Crippen LogP contribution >= 0.6 is 0 Å². The van der Waals surface area contributed by atoms with E-state index in [0.29, 0.717) is 11.3 Å². The fraction of sp³-hybridized carbons (Fsp3) is 0.750. The van der Waals surface area contributed by atoms with E-state index >= 15 is 0 Å². The Kier molecular flexibility index (Phi) is 1.27. The summed E-state index contributed by atoms with van der Waals surface area (Å²) in [7, 11) is 0. The highest BCUT2D eigenvalue weighted by atomic mass is 16.3. The highest BCUT2D eigenvalue weighted by Crippen LogP contribution is 2.81. The molecule has 1 unspecified atom stereocenters. The molecular weight excluding hydrogens is 208 g/mol. The van der Waals surface area contributed by atoms with E-state index in [-0.39, 0.29) is 11.5 Å². The topological polar surface area (TPSA) is 20.2 Å². The van der Waals surface area contributed by atoms with Crippen molar-refractivity contribution < 1.29 is 5.11 Å². The summed E-state index contributed by atoms with van der Waals surface area (Å²) in [5.41, 5.74) is 1.95. The van der Waals surface area contributed by atoms with Crippen LogP contribution in [-0.4, -0.2) is 11.2 Å². The van der Waals surface area contributed by atoms with Crippen LogP contribution in [0.5, 0.6) is 0 Å². The van der Waals surface area contributed by atoms with Gasteiger partial charge in [0.2, 0.25) is 0 Å². The predicted molar refractivity (Wildman–Crippen MR) is 66.1 cm³/mol. The van der Waals surface area contributed by atoms with Crippen LogP contribution < -0.4 is 0 Å². The highest BCUT2D eigenvalue weighted by molar-refractivity contribution is 5.46. The Labute approximate surface area is 103 Å². The third-order valence-electron chi connectivity index (χ3n) is 6.72. The lowest BCUT2D eigenvalue weighted by atomic mass is 9.69. The van der Waals surface area contributed by atoms with Gasteiger partial charge in [-0.05, 0) is 53.4 Å². The summed E-state index contributed by atoms with van der Waals surface area (Å²) in [4.78, 5) is 0. The first-order valence-electron chi connectivity index (χ1n) is 7.14. The zero-order chi connectivity index (χ0) is 11.6. The molecule has 1 spiro atoms. The number of hydrogen-bond donors (Lipinski definition) is 1. The molecule has 3 fully saturated rings. The van der Waals surface area contributed by atoms with Gasteiger partial charge in [0, 0.05) is 5.41 Å². The molecule has 1 nitrogen and oxygen atoms in total. The van der Waals surface area contributed by atoms with Crippen molar-refractivity contribution in [1.82, 2.24) is 0 Å². The van der Waals surface area contributed by atoms with Crippen molar-refractivity contribution in [3.05, 3.63) is 23.8 Å². The highest BCUT2D eigenvalue weighted by Gasteiger charge is 2.76. The molecule has 0 aromatic rings. The third-order valence-corrected chi connectivity index (χ3v) is 6.72. The van der Waals surface area contributed by atoms with Crippen LogP contribution in [0.2, 0.25) is 0 Å². The fourth-order valence-electron chi connectivity index (χ4n) is 6.24. The molecule has 3 saturated carbocycles. The van der Waals surface area contributed by atoms with Gasteiger partial charge in [-0.2, -0.15) is 0 Å². The molecule has 6 bridgehead atoms. The number of allylic oxidation sites excluding steroid dienone is 3. The molecule has 6 aliphatic rings. The van der Waals surface area contributed by atoms with Gasteiger partial charge in [-0.25, -0.2) is 0 Å². The molecule has 1 heteroatoms. The molecule has 0 radical (unpaired) electrons. The van der Waals surface area contributed by atoms with Crippen LogP contribution in [0.4, 0.5) is 0 Å². The van der Waals surface area contributed by atoms with Gasteiger partial charge in [0.15, 0.2) is 0 Å². The van der Waals surface area contributed by atoms with Crippen molar-refractivity contribution in [2.24, 2.45) is 40.4 Å².